The first-order chi connectivity index (χ1) is 11.5. The van der Waals surface area contributed by atoms with Crippen LogP contribution in [0, 0.1) is 0 Å². The van der Waals surface area contributed by atoms with Crippen LogP contribution in [0.4, 0.5) is 0 Å². The van der Waals surface area contributed by atoms with Crippen molar-refractivity contribution in [1.82, 2.24) is 25.0 Å². The standard InChI is InChI=1S/C15H19N5O4/c1-10(2)20(9-6-13(22)23)12(21)5-4-11-18-15(19-24-11)14-16-7-3-8-17-14/h3,7-8,10H,4-6,9H2,1-2H3,(H,22,23). The molecule has 0 bridgehead atoms. The molecule has 1 amide bonds. The summed E-state index contributed by atoms with van der Waals surface area (Å²) in [6.07, 6.45) is 3.50. The minimum atomic E-state index is -0.933. The van der Waals surface area contributed by atoms with Crippen molar-refractivity contribution in [2.75, 3.05) is 6.54 Å². The molecule has 0 spiro atoms. The molecule has 2 heterocycles. The second-order valence-electron chi connectivity index (χ2n) is 5.41. The highest BCUT2D eigenvalue weighted by Gasteiger charge is 2.19. The van der Waals surface area contributed by atoms with E-state index in [9.17, 15) is 9.59 Å². The molecule has 0 saturated carbocycles. The van der Waals surface area contributed by atoms with Gasteiger partial charge in [-0.15, -0.1) is 0 Å². The molecule has 24 heavy (non-hydrogen) atoms. The van der Waals surface area contributed by atoms with Gasteiger partial charge in [0.1, 0.15) is 0 Å². The molecule has 128 valence electrons. The maximum absolute atomic E-state index is 12.3. The van der Waals surface area contributed by atoms with Gasteiger partial charge in [-0.2, -0.15) is 4.98 Å². The molecule has 0 aliphatic carbocycles. The van der Waals surface area contributed by atoms with Gasteiger partial charge in [-0.05, 0) is 19.9 Å². The normalized spacial score (nSPS) is 10.8. The van der Waals surface area contributed by atoms with Crippen LogP contribution in [0.15, 0.2) is 23.0 Å². The lowest BCUT2D eigenvalue weighted by molar-refractivity contribution is -0.139. The Morgan fingerprint density at radius 2 is 1.92 bits per heavy atom. The Morgan fingerprint density at radius 3 is 2.54 bits per heavy atom. The summed E-state index contributed by atoms with van der Waals surface area (Å²) >= 11 is 0. The molecule has 0 saturated heterocycles. The number of amides is 1. The van der Waals surface area contributed by atoms with Crippen molar-refractivity contribution >= 4 is 11.9 Å². The van der Waals surface area contributed by atoms with Crippen LogP contribution in [-0.4, -0.2) is 54.6 Å². The maximum atomic E-state index is 12.3. The third kappa shape index (κ3) is 4.83. The van der Waals surface area contributed by atoms with Crippen LogP contribution in [0.25, 0.3) is 11.6 Å². The van der Waals surface area contributed by atoms with E-state index in [0.717, 1.165) is 0 Å². The van der Waals surface area contributed by atoms with Gasteiger partial charge in [0.25, 0.3) is 0 Å². The molecule has 1 N–H and O–H groups in total. The predicted molar refractivity (Wildman–Crippen MR) is 82.7 cm³/mol. The lowest BCUT2D eigenvalue weighted by Gasteiger charge is -2.26. The van der Waals surface area contributed by atoms with Gasteiger partial charge < -0.3 is 14.5 Å². The summed E-state index contributed by atoms with van der Waals surface area (Å²) in [7, 11) is 0. The minimum Gasteiger partial charge on any atom is -0.481 e. The number of carbonyl (C=O) groups excluding carboxylic acids is 1. The average molecular weight is 333 g/mol. The van der Waals surface area contributed by atoms with Crippen molar-refractivity contribution < 1.29 is 19.2 Å². The third-order valence-electron chi connectivity index (χ3n) is 3.30. The number of aryl methyl sites for hydroxylation is 1. The molecule has 0 aromatic carbocycles. The van der Waals surface area contributed by atoms with Crippen molar-refractivity contribution in [1.29, 1.82) is 0 Å². The Morgan fingerprint density at radius 1 is 1.21 bits per heavy atom. The van der Waals surface area contributed by atoms with Crippen molar-refractivity contribution in [3.63, 3.8) is 0 Å². The number of aliphatic carboxylic acids is 1. The van der Waals surface area contributed by atoms with Gasteiger partial charge in [0.15, 0.2) is 0 Å². The van der Waals surface area contributed by atoms with E-state index in [0.29, 0.717) is 11.7 Å². The lowest BCUT2D eigenvalue weighted by Crippen LogP contribution is -2.38. The molecule has 0 unspecified atom stereocenters. The van der Waals surface area contributed by atoms with Crippen molar-refractivity contribution in [3.8, 4) is 11.6 Å². The number of hydrogen-bond acceptors (Lipinski definition) is 7. The predicted octanol–water partition coefficient (Wildman–Crippen LogP) is 1.17. The molecule has 2 aromatic heterocycles. The van der Waals surface area contributed by atoms with Gasteiger partial charge >= 0.3 is 5.97 Å². The number of carboxylic acid groups (broad SMARTS) is 1. The van der Waals surface area contributed by atoms with E-state index in [4.69, 9.17) is 9.63 Å². The van der Waals surface area contributed by atoms with E-state index in [1.165, 1.54) is 4.90 Å². The largest absolute Gasteiger partial charge is 0.481 e. The summed E-state index contributed by atoms with van der Waals surface area (Å²) in [6, 6.07) is 1.61. The van der Waals surface area contributed by atoms with Crippen molar-refractivity contribution in [2.45, 2.75) is 39.2 Å². The van der Waals surface area contributed by atoms with Crippen LogP contribution < -0.4 is 0 Å². The Hall–Kier alpha value is -2.84. The molecular formula is C15H19N5O4. The molecule has 0 aliphatic rings. The molecular weight excluding hydrogens is 314 g/mol. The van der Waals surface area contributed by atoms with Crippen LogP contribution in [0.5, 0.6) is 0 Å². The van der Waals surface area contributed by atoms with Gasteiger partial charge in [-0.3, -0.25) is 9.59 Å². The number of aromatic nitrogens is 4. The second kappa shape index (κ2) is 8.14. The Labute approximate surface area is 138 Å². The zero-order valence-electron chi connectivity index (χ0n) is 13.5. The summed E-state index contributed by atoms with van der Waals surface area (Å²) in [6.45, 7) is 3.87. The third-order valence-corrected chi connectivity index (χ3v) is 3.30. The highest BCUT2D eigenvalue weighted by atomic mass is 16.5. The zero-order chi connectivity index (χ0) is 17.5. The van der Waals surface area contributed by atoms with E-state index in [1.807, 2.05) is 13.8 Å². The number of nitrogens with zero attached hydrogens (tertiary/aromatic N) is 5. The topological polar surface area (TPSA) is 122 Å². The second-order valence-corrected chi connectivity index (χ2v) is 5.41. The number of carboxylic acids is 1. The summed E-state index contributed by atoms with van der Waals surface area (Å²) < 4.78 is 5.10. The van der Waals surface area contributed by atoms with Crippen LogP contribution in [0.3, 0.4) is 0 Å². The summed E-state index contributed by atoms with van der Waals surface area (Å²) in [5.41, 5.74) is 0. The van der Waals surface area contributed by atoms with E-state index >= 15 is 0 Å². The molecule has 9 heteroatoms. The van der Waals surface area contributed by atoms with E-state index < -0.39 is 5.97 Å². The highest BCUT2D eigenvalue weighted by molar-refractivity contribution is 5.77. The van der Waals surface area contributed by atoms with Gasteiger partial charge in [-0.1, -0.05) is 5.16 Å². The molecule has 0 atom stereocenters. The first-order valence-electron chi connectivity index (χ1n) is 7.58. The fraction of sp³-hybridized carbons (Fsp3) is 0.467. The van der Waals surface area contributed by atoms with Gasteiger partial charge in [0, 0.05) is 37.8 Å². The Kier molecular flexibility index (Phi) is 5.94. The fourth-order valence-electron chi connectivity index (χ4n) is 2.11. The minimum absolute atomic E-state index is 0.0761. The van der Waals surface area contributed by atoms with E-state index in [2.05, 4.69) is 20.1 Å². The molecule has 0 aliphatic heterocycles. The maximum Gasteiger partial charge on any atom is 0.305 e. The van der Waals surface area contributed by atoms with Crippen LogP contribution in [-0.2, 0) is 16.0 Å². The lowest BCUT2D eigenvalue weighted by atomic mass is 10.2. The molecule has 0 radical (unpaired) electrons. The van der Waals surface area contributed by atoms with Crippen molar-refractivity contribution in [2.24, 2.45) is 0 Å². The molecule has 2 rings (SSSR count). The Balaban J connectivity index is 1.93. The van der Waals surface area contributed by atoms with Crippen LogP contribution in [0.1, 0.15) is 32.6 Å². The first-order valence-corrected chi connectivity index (χ1v) is 7.58. The SMILES string of the molecule is CC(C)N(CCC(=O)O)C(=O)CCc1nc(-c2ncccn2)no1. The summed E-state index contributed by atoms with van der Waals surface area (Å²) in [5.74, 6) is -0.152. The fourth-order valence-corrected chi connectivity index (χ4v) is 2.11. The molecule has 0 fully saturated rings. The molecule has 2 aromatic rings. The monoisotopic (exact) mass is 333 g/mol. The van der Waals surface area contributed by atoms with Gasteiger partial charge in [0.2, 0.25) is 23.4 Å². The average Bonchev–Trinajstić information content (AvgIpc) is 3.02. The number of hydrogen-bond donors (Lipinski definition) is 1. The van der Waals surface area contributed by atoms with Gasteiger partial charge in [0.05, 0.1) is 6.42 Å². The molecule has 9 nitrogen and oxygen atoms in total. The highest BCUT2D eigenvalue weighted by Crippen LogP contribution is 2.12. The zero-order valence-corrected chi connectivity index (χ0v) is 13.5. The van der Waals surface area contributed by atoms with Gasteiger partial charge in [-0.25, -0.2) is 9.97 Å². The smallest absolute Gasteiger partial charge is 0.305 e. The van der Waals surface area contributed by atoms with E-state index in [1.54, 1.807) is 18.5 Å². The van der Waals surface area contributed by atoms with Crippen molar-refractivity contribution in [3.05, 3.63) is 24.4 Å². The number of rotatable bonds is 8. The summed E-state index contributed by atoms with van der Waals surface area (Å²) in [5, 5.41) is 12.6. The van der Waals surface area contributed by atoms with E-state index in [-0.39, 0.29) is 43.6 Å². The number of carbonyl (C=O) groups is 2. The van der Waals surface area contributed by atoms with Crippen LogP contribution >= 0.6 is 0 Å². The Bertz CT molecular complexity index is 686. The summed E-state index contributed by atoms with van der Waals surface area (Å²) in [4.78, 5) is 36.7. The first kappa shape index (κ1) is 17.5. The quantitative estimate of drug-likeness (QED) is 0.764. The van der Waals surface area contributed by atoms with Crippen LogP contribution in [0.2, 0.25) is 0 Å².